The Morgan fingerprint density at radius 1 is 1.00 bits per heavy atom. The molecular formula is C20H25NO3S. The summed E-state index contributed by atoms with van der Waals surface area (Å²) >= 11 is 0. The maximum atomic E-state index is 13.0. The summed E-state index contributed by atoms with van der Waals surface area (Å²) in [5.41, 5.74) is 1.58. The van der Waals surface area contributed by atoms with E-state index in [-0.39, 0.29) is 23.1 Å². The zero-order valence-corrected chi connectivity index (χ0v) is 15.7. The summed E-state index contributed by atoms with van der Waals surface area (Å²) in [6, 6.07) is 15.7. The number of carbonyl (C=O) groups is 1. The number of hydrogen-bond donors (Lipinski definition) is 1. The molecule has 134 valence electrons. The van der Waals surface area contributed by atoms with E-state index >= 15 is 0 Å². The minimum Gasteiger partial charge on any atom is -0.293 e. The number of benzene rings is 2. The largest absolute Gasteiger partial charge is 0.293 e. The third-order valence-electron chi connectivity index (χ3n) is 4.00. The Kier molecular flexibility index (Phi) is 6.51. The van der Waals surface area contributed by atoms with Crippen LogP contribution in [0.4, 0.5) is 0 Å². The quantitative estimate of drug-likeness (QED) is 0.731. The summed E-state index contributed by atoms with van der Waals surface area (Å²) in [7, 11) is -3.55. The molecule has 5 heteroatoms. The molecule has 1 N–H and O–H groups in total. The van der Waals surface area contributed by atoms with Crippen molar-refractivity contribution in [2.75, 3.05) is 6.54 Å². The minimum absolute atomic E-state index is 0.00745. The van der Waals surface area contributed by atoms with E-state index in [0.717, 1.165) is 5.56 Å². The second-order valence-electron chi connectivity index (χ2n) is 6.65. The van der Waals surface area contributed by atoms with Gasteiger partial charge in [-0.15, -0.1) is 0 Å². The molecule has 2 rings (SSSR count). The van der Waals surface area contributed by atoms with Gasteiger partial charge in [0.2, 0.25) is 0 Å². The van der Waals surface area contributed by atoms with Crippen molar-refractivity contribution in [2.45, 2.75) is 37.5 Å². The van der Waals surface area contributed by atoms with Crippen LogP contribution >= 0.6 is 0 Å². The molecule has 1 unspecified atom stereocenters. The Balaban J connectivity index is 2.18. The summed E-state index contributed by atoms with van der Waals surface area (Å²) in [6.07, 6.45) is 0.443. The maximum Gasteiger partial charge on any atom is 0.194 e. The zero-order chi connectivity index (χ0) is 18.4. The minimum atomic E-state index is -3.55. The highest BCUT2D eigenvalue weighted by Gasteiger charge is 2.28. The van der Waals surface area contributed by atoms with Crippen LogP contribution in [-0.4, -0.2) is 26.1 Å². The van der Waals surface area contributed by atoms with E-state index in [1.165, 1.54) is 0 Å². The second-order valence-corrected chi connectivity index (χ2v) is 8.78. The number of Topliss-reactive ketones (excluding diaryl/α,β-unsaturated/α-hetero) is 1. The molecule has 2 aromatic carbocycles. The van der Waals surface area contributed by atoms with Crippen LogP contribution in [0, 0.1) is 12.8 Å². The topological polar surface area (TPSA) is 63.2 Å². The fraction of sp³-hybridized carbons (Fsp3) is 0.350. The Labute approximate surface area is 150 Å². The molecule has 0 amide bonds. The number of aryl methyl sites for hydroxylation is 1. The fourth-order valence-corrected chi connectivity index (χ4v) is 4.36. The monoisotopic (exact) mass is 359 g/mol. The molecule has 0 radical (unpaired) electrons. The van der Waals surface area contributed by atoms with Crippen molar-refractivity contribution in [1.29, 1.82) is 0 Å². The van der Waals surface area contributed by atoms with Crippen LogP contribution in [0.15, 0.2) is 59.5 Å². The molecule has 2 aromatic rings. The van der Waals surface area contributed by atoms with Crippen LogP contribution in [0.25, 0.3) is 0 Å². The molecule has 25 heavy (non-hydrogen) atoms. The number of carbonyl (C=O) groups excluding carboxylic acids is 1. The first kappa shape index (κ1) is 19.3. The van der Waals surface area contributed by atoms with E-state index in [1.54, 1.807) is 48.5 Å². The summed E-state index contributed by atoms with van der Waals surface area (Å²) in [4.78, 5) is 12.6. The van der Waals surface area contributed by atoms with Gasteiger partial charge in [-0.05, 0) is 31.4 Å². The molecule has 1 atom stereocenters. The SMILES string of the molecule is Cc1ccc(S(=O)(=O)C(CC(C)C)NCC(=O)c2ccccc2)cc1. The standard InChI is InChI=1S/C20H25NO3S/c1-15(2)13-20(21-14-19(22)17-7-5-4-6-8-17)25(23,24)18-11-9-16(3)10-12-18/h4-12,15,20-21H,13-14H2,1-3H3. The first-order chi connectivity index (χ1) is 11.8. The van der Waals surface area contributed by atoms with Crippen LogP contribution in [-0.2, 0) is 9.84 Å². The summed E-state index contributed by atoms with van der Waals surface area (Å²) in [5, 5.41) is 2.18. The average Bonchev–Trinajstić information content (AvgIpc) is 2.59. The van der Waals surface area contributed by atoms with Crippen LogP contribution in [0.3, 0.4) is 0 Å². The highest BCUT2D eigenvalue weighted by molar-refractivity contribution is 7.92. The Bertz CT molecular complexity index is 797. The van der Waals surface area contributed by atoms with Gasteiger partial charge in [0.1, 0.15) is 5.37 Å². The zero-order valence-electron chi connectivity index (χ0n) is 14.9. The predicted octanol–water partition coefficient (Wildman–Crippen LogP) is 3.61. The van der Waals surface area contributed by atoms with E-state index < -0.39 is 15.2 Å². The third-order valence-corrected chi connectivity index (χ3v) is 6.03. The van der Waals surface area contributed by atoms with Gasteiger partial charge in [0.25, 0.3) is 0 Å². The molecule has 0 aliphatic rings. The van der Waals surface area contributed by atoms with E-state index in [1.807, 2.05) is 26.8 Å². The van der Waals surface area contributed by atoms with Crippen molar-refractivity contribution in [3.63, 3.8) is 0 Å². The van der Waals surface area contributed by atoms with Gasteiger partial charge in [0.05, 0.1) is 11.4 Å². The van der Waals surface area contributed by atoms with Gasteiger partial charge in [-0.1, -0.05) is 61.9 Å². The molecule has 0 aliphatic heterocycles. The molecule has 0 saturated carbocycles. The summed E-state index contributed by atoms with van der Waals surface area (Å²) in [5.74, 6) is 0.0676. The molecule has 0 aromatic heterocycles. The van der Waals surface area contributed by atoms with Crippen molar-refractivity contribution in [1.82, 2.24) is 5.32 Å². The highest BCUT2D eigenvalue weighted by atomic mass is 32.2. The lowest BCUT2D eigenvalue weighted by Crippen LogP contribution is -2.40. The molecular weight excluding hydrogens is 334 g/mol. The van der Waals surface area contributed by atoms with Gasteiger partial charge in [-0.25, -0.2) is 8.42 Å². The van der Waals surface area contributed by atoms with Gasteiger partial charge in [-0.2, -0.15) is 0 Å². The van der Waals surface area contributed by atoms with Crippen molar-refractivity contribution in [3.8, 4) is 0 Å². The van der Waals surface area contributed by atoms with Crippen LogP contribution < -0.4 is 5.32 Å². The average molecular weight is 359 g/mol. The predicted molar refractivity (Wildman–Crippen MR) is 100 cm³/mol. The van der Waals surface area contributed by atoms with Crippen molar-refractivity contribution >= 4 is 15.6 Å². The molecule has 0 bridgehead atoms. The van der Waals surface area contributed by atoms with Crippen LogP contribution in [0.2, 0.25) is 0 Å². The van der Waals surface area contributed by atoms with Crippen molar-refractivity contribution < 1.29 is 13.2 Å². The second kappa shape index (κ2) is 8.41. The Morgan fingerprint density at radius 3 is 2.16 bits per heavy atom. The van der Waals surface area contributed by atoms with Gasteiger partial charge < -0.3 is 0 Å². The molecule has 0 spiro atoms. The normalized spacial score (nSPS) is 13.0. The molecule has 0 heterocycles. The van der Waals surface area contributed by atoms with Gasteiger partial charge >= 0.3 is 0 Å². The van der Waals surface area contributed by atoms with E-state index in [4.69, 9.17) is 0 Å². The fourth-order valence-electron chi connectivity index (χ4n) is 2.57. The van der Waals surface area contributed by atoms with E-state index in [9.17, 15) is 13.2 Å². The van der Waals surface area contributed by atoms with Crippen molar-refractivity contribution in [2.24, 2.45) is 5.92 Å². The number of sulfone groups is 1. The lowest BCUT2D eigenvalue weighted by Gasteiger charge is -2.21. The molecule has 4 nitrogen and oxygen atoms in total. The van der Waals surface area contributed by atoms with Gasteiger partial charge in [0.15, 0.2) is 15.6 Å². The summed E-state index contributed by atoms with van der Waals surface area (Å²) < 4.78 is 25.9. The van der Waals surface area contributed by atoms with Crippen LogP contribution in [0.5, 0.6) is 0 Å². The molecule has 0 saturated heterocycles. The highest BCUT2D eigenvalue weighted by Crippen LogP contribution is 2.20. The van der Waals surface area contributed by atoms with Gasteiger partial charge in [-0.3, -0.25) is 10.1 Å². The van der Waals surface area contributed by atoms with E-state index in [2.05, 4.69) is 5.32 Å². The maximum absolute atomic E-state index is 13.0. The lowest BCUT2D eigenvalue weighted by atomic mass is 10.1. The van der Waals surface area contributed by atoms with Gasteiger partial charge in [0, 0.05) is 5.56 Å². The lowest BCUT2D eigenvalue weighted by molar-refractivity contribution is 0.0989. The van der Waals surface area contributed by atoms with E-state index in [0.29, 0.717) is 12.0 Å². The number of hydrogen-bond acceptors (Lipinski definition) is 4. The molecule has 0 aliphatic carbocycles. The Hall–Kier alpha value is -1.98. The summed E-state index contributed by atoms with van der Waals surface area (Å²) in [6.45, 7) is 5.85. The first-order valence-corrected chi connectivity index (χ1v) is 9.97. The molecule has 0 fully saturated rings. The number of rotatable bonds is 8. The first-order valence-electron chi connectivity index (χ1n) is 8.43. The smallest absolute Gasteiger partial charge is 0.194 e. The van der Waals surface area contributed by atoms with Crippen LogP contribution in [0.1, 0.15) is 36.2 Å². The third kappa shape index (κ3) is 5.25. The number of nitrogens with one attached hydrogen (secondary N) is 1. The Morgan fingerprint density at radius 2 is 1.60 bits per heavy atom. The number of ketones is 1. The van der Waals surface area contributed by atoms with Crippen molar-refractivity contribution in [3.05, 3.63) is 65.7 Å².